The van der Waals surface area contributed by atoms with Crippen molar-refractivity contribution in [2.75, 3.05) is 13.6 Å². The highest BCUT2D eigenvalue weighted by molar-refractivity contribution is 5.97. The average molecular weight is 270 g/mol. The number of carbonyl (C=O) groups is 2. The summed E-state index contributed by atoms with van der Waals surface area (Å²) in [6, 6.07) is 7.72. The van der Waals surface area contributed by atoms with Crippen LogP contribution in [0.15, 0.2) is 42.7 Å². The molecule has 102 valence electrons. The molecule has 0 saturated heterocycles. The monoisotopic (exact) mass is 270 g/mol. The minimum Gasteiger partial charge on any atom is -0.480 e. The lowest BCUT2D eigenvalue weighted by atomic mass is 10.1. The summed E-state index contributed by atoms with van der Waals surface area (Å²) in [6.07, 6.45) is 6.43. The molecule has 0 aliphatic rings. The zero-order valence-electron chi connectivity index (χ0n) is 11.0. The molecule has 0 saturated carbocycles. The summed E-state index contributed by atoms with van der Waals surface area (Å²) in [5.74, 6) is -1.40. The maximum atomic E-state index is 11.7. The van der Waals surface area contributed by atoms with Gasteiger partial charge in [0.25, 0.3) is 0 Å². The van der Waals surface area contributed by atoms with Crippen molar-refractivity contribution < 1.29 is 14.7 Å². The van der Waals surface area contributed by atoms with E-state index in [1.807, 2.05) is 24.3 Å². The highest BCUT2D eigenvalue weighted by atomic mass is 16.4. The van der Waals surface area contributed by atoms with Gasteiger partial charge in [-0.25, -0.2) is 0 Å². The number of carboxylic acid groups (broad SMARTS) is 1. The van der Waals surface area contributed by atoms with Gasteiger partial charge in [0.15, 0.2) is 0 Å². The van der Waals surface area contributed by atoms with Crippen LogP contribution in [-0.4, -0.2) is 40.5 Å². The summed E-state index contributed by atoms with van der Waals surface area (Å²) in [4.78, 5) is 27.5. The Labute approximate surface area is 116 Å². The zero-order valence-corrected chi connectivity index (χ0v) is 11.0. The van der Waals surface area contributed by atoms with Crippen molar-refractivity contribution in [3.8, 4) is 0 Å². The third-order valence-corrected chi connectivity index (χ3v) is 2.85. The molecule has 2 aromatic rings. The first-order chi connectivity index (χ1) is 9.58. The van der Waals surface area contributed by atoms with E-state index in [2.05, 4.69) is 4.98 Å². The Bertz CT molecular complexity index is 674. The van der Waals surface area contributed by atoms with Crippen molar-refractivity contribution in [1.29, 1.82) is 0 Å². The number of rotatable bonds is 4. The second kappa shape index (κ2) is 5.97. The van der Waals surface area contributed by atoms with E-state index < -0.39 is 5.97 Å². The van der Waals surface area contributed by atoms with E-state index in [0.717, 1.165) is 21.2 Å². The number of hydrogen-bond acceptors (Lipinski definition) is 3. The molecule has 1 aromatic carbocycles. The molecule has 2 rings (SSSR count). The number of carbonyl (C=O) groups excluding carboxylic acids is 1. The van der Waals surface area contributed by atoms with Crippen molar-refractivity contribution in [2.24, 2.45) is 0 Å². The Morgan fingerprint density at radius 2 is 2.05 bits per heavy atom. The number of pyridine rings is 1. The minimum absolute atomic E-state index is 0.322. The number of amides is 1. The quantitative estimate of drug-likeness (QED) is 0.860. The van der Waals surface area contributed by atoms with Gasteiger partial charge >= 0.3 is 5.97 Å². The van der Waals surface area contributed by atoms with Crippen molar-refractivity contribution in [2.45, 2.75) is 0 Å². The Hall–Kier alpha value is -2.69. The molecule has 0 spiro atoms. The summed E-state index contributed by atoms with van der Waals surface area (Å²) < 4.78 is 0. The summed E-state index contributed by atoms with van der Waals surface area (Å²) in [5.41, 5.74) is 0.820. The van der Waals surface area contributed by atoms with Crippen LogP contribution in [0.1, 0.15) is 5.56 Å². The second-order valence-corrected chi connectivity index (χ2v) is 4.37. The third kappa shape index (κ3) is 3.20. The highest BCUT2D eigenvalue weighted by Crippen LogP contribution is 2.18. The van der Waals surface area contributed by atoms with Gasteiger partial charge in [0.05, 0.1) is 0 Å². The van der Waals surface area contributed by atoms with Gasteiger partial charge in [-0.15, -0.1) is 0 Å². The summed E-state index contributed by atoms with van der Waals surface area (Å²) in [6.45, 7) is -0.322. The Balaban J connectivity index is 2.21. The first kappa shape index (κ1) is 13.7. The van der Waals surface area contributed by atoms with Crippen molar-refractivity contribution >= 4 is 28.7 Å². The first-order valence-corrected chi connectivity index (χ1v) is 6.05. The highest BCUT2D eigenvalue weighted by Gasteiger charge is 2.08. The molecule has 0 unspecified atom stereocenters. The second-order valence-electron chi connectivity index (χ2n) is 4.37. The predicted molar refractivity (Wildman–Crippen MR) is 76.0 cm³/mol. The topological polar surface area (TPSA) is 70.5 Å². The smallest absolute Gasteiger partial charge is 0.323 e. The number of likely N-dealkylation sites (N-methyl/N-ethyl adjacent to an activating group) is 1. The molecule has 1 heterocycles. The summed E-state index contributed by atoms with van der Waals surface area (Å²) in [7, 11) is 1.45. The van der Waals surface area contributed by atoms with Crippen LogP contribution >= 0.6 is 0 Å². The number of hydrogen-bond donors (Lipinski definition) is 1. The molecule has 0 bridgehead atoms. The number of benzene rings is 1. The van der Waals surface area contributed by atoms with E-state index >= 15 is 0 Å². The van der Waals surface area contributed by atoms with Crippen molar-refractivity contribution in [3.05, 3.63) is 48.3 Å². The number of nitrogens with zero attached hydrogens (tertiary/aromatic N) is 2. The largest absolute Gasteiger partial charge is 0.480 e. The molecule has 0 fully saturated rings. The Morgan fingerprint density at radius 1 is 1.30 bits per heavy atom. The van der Waals surface area contributed by atoms with Crippen LogP contribution in [0.4, 0.5) is 0 Å². The number of fused-ring (bicyclic) bond motifs is 1. The van der Waals surface area contributed by atoms with E-state index in [4.69, 9.17) is 5.11 Å². The van der Waals surface area contributed by atoms with Gasteiger partial charge in [0, 0.05) is 36.5 Å². The van der Waals surface area contributed by atoms with Gasteiger partial charge < -0.3 is 10.0 Å². The SMILES string of the molecule is CN(CC(=O)O)C(=O)C=Cc1cncc2ccccc12. The number of aliphatic carboxylic acids is 1. The van der Waals surface area contributed by atoms with E-state index in [9.17, 15) is 9.59 Å². The van der Waals surface area contributed by atoms with Crippen molar-refractivity contribution in [1.82, 2.24) is 9.88 Å². The number of carboxylic acids is 1. The summed E-state index contributed by atoms with van der Waals surface area (Å²) >= 11 is 0. The fraction of sp³-hybridized carbons (Fsp3) is 0.133. The zero-order chi connectivity index (χ0) is 14.5. The average Bonchev–Trinajstić information content (AvgIpc) is 2.44. The van der Waals surface area contributed by atoms with Crippen molar-refractivity contribution in [3.63, 3.8) is 0 Å². The molecule has 0 aliphatic heterocycles. The van der Waals surface area contributed by atoms with Gasteiger partial charge in [0.2, 0.25) is 5.91 Å². The van der Waals surface area contributed by atoms with Crippen LogP contribution < -0.4 is 0 Å². The lowest BCUT2D eigenvalue weighted by Gasteiger charge is -2.11. The lowest BCUT2D eigenvalue weighted by molar-refractivity contribution is -0.141. The van der Waals surface area contributed by atoms with E-state index in [1.54, 1.807) is 18.5 Å². The van der Waals surface area contributed by atoms with Gasteiger partial charge in [-0.05, 0) is 11.5 Å². The molecule has 5 nitrogen and oxygen atoms in total. The molecule has 1 aromatic heterocycles. The molecule has 0 aliphatic carbocycles. The number of aromatic nitrogens is 1. The molecule has 1 N–H and O–H groups in total. The van der Waals surface area contributed by atoms with Gasteiger partial charge in [-0.1, -0.05) is 24.3 Å². The minimum atomic E-state index is -1.04. The fourth-order valence-corrected chi connectivity index (χ4v) is 1.84. The molecular formula is C15H14N2O3. The van der Waals surface area contributed by atoms with E-state index in [1.165, 1.54) is 13.1 Å². The predicted octanol–water partition coefficient (Wildman–Crippen LogP) is 1.79. The van der Waals surface area contributed by atoms with Crippen LogP contribution in [0.3, 0.4) is 0 Å². The van der Waals surface area contributed by atoms with E-state index in [0.29, 0.717) is 0 Å². The molecule has 0 atom stereocenters. The Kier molecular flexibility index (Phi) is 4.10. The maximum Gasteiger partial charge on any atom is 0.323 e. The van der Waals surface area contributed by atoms with Gasteiger partial charge in [-0.2, -0.15) is 0 Å². The standard InChI is InChI=1S/C15H14N2O3/c1-17(10-15(19)20)14(18)7-6-12-9-16-8-11-4-2-3-5-13(11)12/h2-9H,10H2,1H3,(H,19,20). The molecule has 20 heavy (non-hydrogen) atoms. The van der Waals surface area contributed by atoms with Crippen LogP contribution in [0, 0.1) is 0 Å². The molecule has 1 amide bonds. The molecular weight excluding hydrogens is 256 g/mol. The summed E-state index contributed by atoms with van der Waals surface area (Å²) in [5, 5.41) is 10.6. The Morgan fingerprint density at radius 3 is 2.80 bits per heavy atom. The maximum absolute atomic E-state index is 11.7. The lowest BCUT2D eigenvalue weighted by Crippen LogP contribution is -2.30. The third-order valence-electron chi connectivity index (χ3n) is 2.85. The normalized spacial score (nSPS) is 10.8. The molecule has 5 heteroatoms. The van der Waals surface area contributed by atoms with Crippen LogP contribution in [-0.2, 0) is 9.59 Å². The molecule has 0 radical (unpaired) electrons. The van der Waals surface area contributed by atoms with Crippen LogP contribution in [0.5, 0.6) is 0 Å². The first-order valence-electron chi connectivity index (χ1n) is 6.05. The van der Waals surface area contributed by atoms with E-state index in [-0.39, 0.29) is 12.5 Å². The van der Waals surface area contributed by atoms with Gasteiger partial charge in [0.1, 0.15) is 6.54 Å². The fourth-order valence-electron chi connectivity index (χ4n) is 1.84. The van der Waals surface area contributed by atoms with Crippen LogP contribution in [0.25, 0.3) is 16.8 Å². The van der Waals surface area contributed by atoms with Crippen LogP contribution in [0.2, 0.25) is 0 Å². The van der Waals surface area contributed by atoms with Gasteiger partial charge in [-0.3, -0.25) is 14.6 Å².